The van der Waals surface area contributed by atoms with Gasteiger partial charge in [0.25, 0.3) is 0 Å². The Labute approximate surface area is 97.7 Å². The number of aliphatic hydroxyl groups excluding tert-OH is 1. The van der Waals surface area contributed by atoms with E-state index in [-0.39, 0.29) is 0 Å². The molecule has 0 aliphatic rings. The topological polar surface area (TPSA) is 148 Å². The summed E-state index contributed by atoms with van der Waals surface area (Å²) < 4.78 is 19.3. The van der Waals surface area contributed by atoms with E-state index in [9.17, 15) is 9.67 Å². The van der Waals surface area contributed by atoms with Gasteiger partial charge in [-0.25, -0.2) is 0 Å². The van der Waals surface area contributed by atoms with Crippen LogP contribution in [0.1, 0.15) is 11.7 Å². The van der Waals surface area contributed by atoms with E-state index in [0.29, 0.717) is 5.56 Å². The number of hydrogen-bond donors (Lipinski definition) is 5. The number of pyridine rings is 1. The summed E-state index contributed by atoms with van der Waals surface area (Å²) in [6.07, 6.45) is 1.17. The first-order valence-electron chi connectivity index (χ1n) is 4.27. The number of nitrogens with zero attached hydrogens (tertiary/aromatic N) is 1. The molecule has 0 amide bonds. The van der Waals surface area contributed by atoms with Crippen LogP contribution < -0.4 is 0 Å². The number of aliphatic hydroxyl groups is 1. The maximum absolute atomic E-state index is 10.5. The van der Waals surface area contributed by atoms with Gasteiger partial charge < -0.3 is 24.7 Å². The van der Waals surface area contributed by atoms with Gasteiger partial charge >= 0.3 is 15.9 Å². The quantitative estimate of drug-likeness (QED) is 0.473. The Hall–Kier alpha value is -0.590. The van der Waals surface area contributed by atoms with Crippen LogP contribution in [0, 0.1) is 0 Å². The Morgan fingerprint density at radius 3 is 2.29 bits per heavy atom. The predicted molar refractivity (Wildman–Crippen MR) is 59.5 cm³/mol. The summed E-state index contributed by atoms with van der Waals surface area (Å²) in [7, 11) is -7.29. The van der Waals surface area contributed by atoms with Crippen LogP contribution in [0.25, 0.3) is 0 Å². The largest absolute Gasteiger partial charge is 0.388 e. The molecule has 0 aliphatic carbocycles. The van der Waals surface area contributed by atoms with Crippen LogP contribution in [0.3, 0.4) is 0 Å². The monoisotopic (exact) mass is 285 g/mol. The van der Waals surface area contributed by atoms with Gasteiger partial charge in [0, 0.05) is 12.4 Å². The van der Waals surface area contributed by atoms with E-state index >= 15 is 0 Å². The molecule has 0 radical (unpaired) electrons. The number of hydrogen-bond acceptors (Lipinski definition) is 4. The average molecular weight is 285 g/mol. The minimum absolute atomic E-state index is 0.408. The highest BCUT2D eigenvalue weighted by Gasteiger charge is 2.20. The first kappa shape index (κ1) is 16.4. The first-order chi connectivity index (χ1) is 7.72. The van der Waals surface area contributed by atoms with E-state index in [4.69, 9.17) is 24.1 Å². The maximum atomic E-state index is 10.5. The molecule has 0 aliphatic heterocycles. The average Bonchev–Trinajstić information content (AvgIpc) is 2.15. The van der Waals surface area contributed by atoms with Gasteiger partial charge in [0.1, 0.15) is 0 Å². The second kappa shape index (κ2) is 7.68. The zero-order valence-electron chi connectivity index (χ0n) is 8.54. The molecule has 1 aromatic heterocycles. The zero-order chi connectivity index (χ0) is 13.5. The standard InChI is InChI=1S/C7H10NO4P.H3O3P/c9-7(5-13(10,11)12)6-2-1-3-8-4-6;1-4(2)3/h1-4,7,9H,5H2,(H2,10,11,12);4H,(H2,1,2,3). The van der Waals surface area contributed by atoms with E-state index in [0.717, 1.165) is 0 Å². The van der Waals surface area contributed by atoms with Crippen LogP contribution in [-0.2, 0) is 9.13 Å². The summed E-state index contributed by atoms with van der Waals surface area (Å²) in [6, 6.07) is 3.16. The third kappa shape index (κ3) is 10.3. The van der Waals surface area contributed by atoms with E-state index in [1.807, 2.05) is 0 Å². The lowest BCUT2D eigenvalue weighted by Gasteiger charge is -2.10. The molecule has 1 heterocycles. The minimum Gasteiger partial charge on any atom is -0.388 e. The molecule has 5 N–H and O–H groups in total. The van der Waals surface area contributed by atoms with Crippen molar-refractivity contribution in [1.29, 1.82) is 0 Å². The third-order valence-electron chi connectivity index (χ3n) is 1.48. The van der Waals surface area contributed by atoms with Crippen molar-refractivity contribution in [3.8, 4) is 0 Å². The molecule has 8 nitrogen and oxygen atoms in total. The molecule has 0 spiro atoms. The fourth-order valence-corrected chi connectivity index (χ4v) is 1.57. The molecule has 0 saturated heterocycles. The summed E-state index contributed by atoms with van der Waals surface area (Å²) in [5, 5.41) is 9.32. The van der Waals surface area contributed by atoms with Gasteiger partial charge in [0.05, 0.1) is 12.3 Å². The maximum Gasteiger partial charge on any atom is 0.328 e. The Morgan fingerprint density at radius 1 is 1.41 bits per heavy atom. The van der Waals surface area contributed by atoms with Crippen LogP contribution in [0.5, 0.6) is 0 Å². The first-order valence-corrected chi connectivity index (χ1v) is 7.37. The molecule has 17 heavy (non-hydrogen) atoms. The molecule has 0 aromatic carbocycles. The lowest BCUT2D eigenvalue weighted by molar-refractivity contribution is 0.192. The molecule has 1 atom stereocenters. The minimum atomic E-state index is -4.17. The zero-order valence-corrected chi connectivity index (χ0v) is 10.4. The van der Waals surface area contributed by atoms with Gasteiger partial charge in [-0.15, -0.1) is 0 Å². The fraction of sp³-hybridized carbons (Fsp3) is 0.286. The molecule has 0 saturated carbocycles. The molecule has 98 valence electrons. The highest BCUT2D eigenvalue weighted by molar-refractivity contribution is 7.51. The summed E-state index contributed by atoms with van der Waals surface area (Å²) >= 11 is 0. The smallest absolute Gasteiger partial charge is 0.328 e. The van der Waals surface area contributed by atoms with Gasteiger partial charge in [0.15, 0.2) is 0 Å². The van der Waals surface area contributed by atoms with E-state index < -0.39 is 28.1 Å². The molecule has 1 aromatic rings. The van der Waals surface area contributed by atoms with Crippen molar-refractivity contribution in [2.45, 2.75) is 6.10 Å². The van der Waals surface area contributed by atoms with Crippen LogP contribution in [0.4, 0.5) is 0 Å². The molecule has 10 heteroatoms. The molecule has 0 fully saturated rings. The van der Waals surface area contributed by atoms with Crippen molar-refractivity contribution >= 4 is 15.9 Å². The van der Waals surface area contributed by atoms with E-state index in [2.05, 4.69) is 4.98 Å². The van der Waals surface area contributed by atoms with E-state index in [1.54, 1.807) is 12.1 Å². The lowest BCUT2D eigenvalue weighted by Crippen LogP contribution is -2.04. The Kier molecular flexibility index (Phi) is 7.41. The molecule has 1 rings (SSSR count). The van der Waals surface area contributed by atoms with Crippen LogP contribution >= 0.6 is 15.9 Å². The van der Waals surface area contributed by atoms with Gasteiger partial charge in [-0.2, -0.15) is 0 Å². The number of rotatable bonds is 3. The molecular weight excluding hydrogens is 272 g/mol. The summed E-state index contributed by atoms with van der Waals surface area (Å²) in [4.78, 5) is 35.2. The van der Waals surface area contributed by atoms with Crippen LogP contribution in [0.2, 0.25) is 0 Å². The van der Waals surface area contributed by atoms with Gasteiger partial charge in [-0.05, 0) is 11.6 Å². The Balaban J connectivity index is 0.000000557. The Morgan fingerprint density at radius 2 is 1.94 bits per heavy atom. The second-order valence-corrected chi connectivity index (χ2v) is 5.19. The van der Waals surface area contributed by atoms with Crippen LogP contribution in [0.15, 0.2) is 24.5 Å². The van der Waals surface area contributed by atoms with Gasteiger partial charge in [0.2, 0.25) is 0 Å². The molecular formula is C7H13NO7P2. The highest BCUT2D eigenvalue weighted by Crippen LogP contribution is 2.38. The van der Waals surface area contributed by atoms with Crippen molar-refractivity contribution in [2.75, 3.05) is 6.16 Å². The van der Waals surface area contributed by atoms with Gasteiger partial charge in [-0.3, -0.25) is 14.1 Å². The second-order valence-electron chi connectivity index (χ2n) is 2.93. The van der Waals surface area contributed by atoms with E-state index in [1.165, 1.54) is 12.4 Å². The number of aromatic nitrogens is 1. The van der Waals surface area contributed by atoms with Crippen molar-refractivity contribution in [2.24, 2.45) is 0 Å². The summed E-state index contributed by atoms with van der Waals surface area (Å²) in [5.41, 5.74) is 0.408. The molecule has 0 bridgehead atoms. The predicted octanol–water partition coefficient (Wildman–Crippen LogP) is -0.347. The lowest BCUT2D eigenvalue weighted by atomic mass is 10.2. The van der Waals surface area contributed by atoms with Gasteiger partial charge in [-0.1, -0.05) is 6.07 Å². The van der Waals surface area contributed by atoms with Crippen molar-refractivity contribution in [1.82, 2.24) is 4.98 Å². The normalized spacial score (nSPS) is 12.8. The fourth-order valence-electron chi connectivity index (χ4n) is 0.904. The van der Waals surface area contributed by atoms with Crippen molar-refractivity contribution in [3.63, 3.8) is 0 Å². The highest BCUT2D eigenvalue weighted by atomic mass is 31.2. The summed E-state index contributed by atoms with van der Waals surface area (Å²) in [6.45, 7) is 0. The Bertz CT molecular complexity index is 388. The van der Waals surface area contributed by atoms with Crippen molar-refractivity contribution in [3.05, 3.63) is 30.1 Å². The van der Waals surface area contributed by atoms with Crippen LogP contribution in [-0.4, -0.2) is 35.8 Å². The third-order valence-corrected chi connectivity index (χ3v) is 2.30. The van der Waals surface area contributed by atoms with Crippen molar-refractivity contribution < 1.29 is 33.8 Å². The SMILES string of the molecule is O=P(O)(O)CC(O)c1cccnc1.O=[PH](O)O. The molecule has 1 unspecified atom stereocenters. The summed E-state index contributed by atoms with van der Waals surface area (Å²) in [5.74, 6) is 0.